The molecule has 1 atom stereocenters. The van der Waals surface area contributed by atoms with E-state index in [1.807, 2.05) is 11.3 Å². The number of thiazole rings is 1. The molecule has 2 N–H and O–H groups in total. The Morgan fingerprint density at radius 1 is 1.33 bits per heavy atom. The molecule has 1 aromatic heterocycles. The minimum Gasteiger partial charge on any atom is -0.370 e. The molecular formula is C20H29N4OS2+. The van der Waals surface area contributed by atoms with Crippen molar-refractivity contribution in [1.29, 1.82) is 0 Å². The van der Waals surface area contributed by atoms with Gasteiger partial charge in [0.2, 0.25) is 0 Å². The molecule has 3 heterocycles. The predicted octanol–water partition coefficient (Wildman–Crippen LogP) is 1.66. The number of para-hydroxylation sites is 1. The third kappa shape index (κ3) is 4.96. The molecule has 146 valence electrons. The molecule has 5 nitrogen and oxygen atoms in total. The Hall–Kier alpha value is -1.28. The Kier molecular flexibility index (Phi) is 6.55. The molecule has 4 rings (SSSR count). The zero-order chi connectivity index (χ0) is 18.5. The van der Waals surface area contributed by atoms with Crippen molar-refractivity contribution >= 4 is 38.9 Å². The van der Waals surface area contributed by atoms with Crippen LogP contribution in [-0.2, 0) is 4.74 Å². The molecule has 0 bridgehead atoms. The fourth-order valence-electron chi connectivity index (χ4n) is 3.98. The third-order valence-corrected chi connectivity index (χ3v) is 7.15. The van der Waals surface area contributed by atoms with Crippen LogP contribution in [0.4, 0.5) is 0 Å². The van der Waals surface area contributed by atoms with E-state index >= 15 is 0 Å². The Balaban J connectivity index is 1.25. The quantitative estimate of drug-likeness (QED) is 0.585. The number of benzene rings is 1. The lowest BCUT2D eigenvalue weighted by atomic mass is 9.99. The highest BCUT2D eigenvalue weighted by Gasteiger charge is 2.25. The Morgan fingerprint density at radius 3 is 3.04 bits per heavy atom. The lowest BCUT2D eigenvalue weighted by Crippen LogP contribution is -3.14. The molecule has 0 unspecified atom stereocenters. The molecule has 2 aliphatic rings. The van der Waals surface area contributed by atoms with Crippen LogP contribution in [0.2, 0.25) is 0 Å². The molecule has 2 fully saturated rings. The number of ether oxygens (including phenoxy) is 1. The Bertz CT molecular complexity index is 726. The molecule has 2 saturated heterocycles. The molecule has 0 radical (unpaired) electrons. The number of quaternary nitrogens is 1. The minimum atomic E-state index is 0.494. The van der Waals surface area contributed by atoms with Crippen LogP contribution in [0.25, 0.3) is 10.2 Å². The number of nitrogens with zero attached hydrogens (tertiary/aromatic N) is 2. The summed E-state index contributed by atoms with van der Waals surface area (Å²) >= 11 is 7.52. The van der Waals surface area contributed by atoms with Crippen LogP contribution in [-0.4, -0.2) is 67.5 Å². The van der Waals surface area contributed by atoms with E-state index in [2.05, 4.69) is 34.5 Å². The molecule has 1 aromatic carbocycles. The number of thiocarbonyl (C=S) groups is 1. The summed E-state index contributed by atoms with van der Waals surface area (Å²) < 4.78 is 6.71. The fraction of sp³-hybridized carbons (Fsp3) is 0.600. The summed E-state index contributed by atoms with van der Waals surface area (Å²) in [6.45, 7) is 8.30. The van der Waals surface area contributed by atoms with Crippen molar-refractivity contribution in [3.63, 3.8) is 0 Å². The molecule has 0 spiro atoms. The lowest BCUT2D eigenvalue weighted by molar-refractivity contribution is -0.908. The van der Waals surface area contributed by atoms with Crippen molar-refractivity contribution in [2.24, 2.45) is 0 Å². The molecule has 27 heavy (non-hydrogen) atoms. The lowest BCUT2D eigenvalue weighted by Gasteiger charge is -2.34. The second-order valence-corrected chi connectivity index (χ2v) is 8.95. The number of aromatic nitrogens is 1. The summed E-state index contributed by atoms with van der Waals surface area (Å²) in [5, 5.41) is 5.66. The van der Waals surface area contributed by atoms with E-state index in [1.165, 1.54) is 29.1 Å². The maximum Gasteiger partial charge on any atom is 0.168 e. The second kappa shape index (κ2) is 9.28. The Morgan fingerprint density at radius 2 is 2.19 bits per heavy atom. The van der Waals surface area contributed by atoms with Crippen molar-refractivity contribution in [2.45, 2.75) is 25.2 Å². The topological polar surface area (TPSA) is 41.8 Å². The first-order valence-corrected chi connectivity index (χ1v) is 11.3. The second-order valence-electron chi connectivity index (χ2n) is 7.50. The number of hydrogen-bond donors (Lipinski definition) is 2. The van der Waals surface area contributed by atoms with Gasteiger partial charge in [-0.15, -0.1) is 11.3 Å². The third-order valence-electron chi connectivity index (χ3n) is 5.55. The smallest absolute Gasteiger partial charge is 0.168 e. The van der Waals surface area contributed by atoms with Gasteiger partial charge in [-0.25, -0.2) is 4.98 Å². The average Bonchev–Trinajstić information content (AvgIpc) is 3.16. The molecule has 2 aromatic rings. The monoisotopic (exact) mass is 405 g/mol. The molecular weight excluding hydrogens is 376 g/mol. The van der Waals surface area contributed by atoms with E-state index in [0.29, 0.717) is 5.92 Å². The molecule has 0 saturated carbocycles. The van der Waals surface area contributed by atoms with Gasteiger partial charge in [0.1, 0.15) is 13.1 Å². The van der Waals surface area contributed by atoms with Gasteiger partial charge in [0.05, 0.1) is 35.0 Å². The van der Waals surface area contributed by atoms with Crippen molar-refractivity contribution < 1.29 is 9.64 Å². The summed E-state index contributed by atoms with van der Waals surface area (Å²) in [7, 11) is 0. The van der Waals surface area contributed by atoms with Gasteiger partial charge in [-0.3, -0.25) is 0 Å². The van der Waals surface area contributed by atoms with Gasteiger partial charge in [0.25, 0.3) is 0 Å². The first kappa shape index (κ1) is 19.1. The van der Waals surface area contributed by atoms with Crippen molar-refractivity contribution in [2.75, 3.05) is 52.5 Å². The standard InChI is InChI=1S/C20H28N4OS2/c26-20(21-8-4-9-23-11-13-25-14-12-23)24-10-3-5-16(15-24)19-22-17-6-1-2-7-18(17)27-19/h1-2,6-7,16H,3-5,8-15H2,(H,21,26)/p+1/t16-/m1/s1. The zero-order valence-corrected chi connectivity index (χ0v) is 17.4. The highest BCUT2D eigenvalue weighted by atomic mass is 32.1. The van der Waals surface area contributed by atoms with E-state index in [-0.39, 0.29) is 0 Å². The number of likely N-dealkylation sites (tertiary alicyclic amines) is 1. The summed E-state index contributed by atoms with van der Waals surface area (Å²) in [4.78, 5) is 8.87. The van der Waals surface area contributed by atoms with Gasteiger partial charge < -0.3 is 19.9 Å². The van der Waals surface area contributed by atoms with E-state index in [4.69, 9.17) is 21.9 Å². The van der Waals surface area contributed by atoms with Crippen molar-refractivity contribution in [1.82, 2.24) is 15.2 Å². The summed E-state index contributed by atoms with van der Waals surface area (Å²) in [6, 6.07) is 8.43. The van der Waals surface area contributed by atoms with E-state index in [0.717, 1.165) is 63.0 Å². The molecule has 7 heteroatoms. The molecule has 2 aliphatic heterocycles. The van der Waals surface area contributed by atoms with Gasteiger partial charge in [-0.1, -0.05) is 12.1 Å². The molecule has 0 amide bonds. The van der Waals surface area contributed by atoms with Crippen LogP contribution < -0.4 is 10.2 Å². The van der Waals surface area contributed by atoms with Crippen LogP contribution in [0.15, 0.2) is 24.3 Å². The van der Waals surface area contributed by atoms with Crippen LogP contribution in [0, 0.1) is 0 Å². The van der Waals surface area contributed by atoms with Crippen LogP contribution in [0.3, 0.4) is 0 Å². The Labute approximate surface area is 170 Å². The van der Waals surface area contributed by atoms with Crippen molar-refractivity contribution in [3.8, 4) is 0 Å². The van der Waals surface area contributed by atoms with Crippen molar-refractivity contribution in [3.05, 3.63) is 29.3 Å². The van der Waals surface area contributed by atoms with Gasteiger partial charge in [0.15, 0.2) is 5.11 Å². The summed E-state index contributed by atoms with van der Waals surface area (Å²) in [5.74, 6) is 0.494. The predicted molar refractivity (Wildman–Crippen MR) is 115 cm³/mol. The first-order chi connectivity index (χ1) is 13.3. The van der Waals surface area contributed by atoms with Gasteiger partial charge >= 0.3 is 0 Å². The fourth-order valence-corrected chi connectivity index (χ4v) is 5.34. The first-order valence-electron chi connectivity index (χ1n) is 10.1. The van der Waals surface area contributed by atoms with Crippen LogP contribution >= 0.6 is 23.6 Å². The van der Waals surface area contributed by atoms with Crippen LogP contribution in [0.5, 0.6) is 0 Å². The number of fused-ring (bicyclic) bond motifs is 1. The van der Waals surface area contributed by atoms with E-state index in [1.54, 1.807) is 4.90 Å². The summed E-state index contributed by atoms with van der Waals surface area (Å²) in [5.41, 5.74) is 1.13. The highest BCUT2D eigenvalue weighted by Crippen LogP contribution is 2.32. The zero-order valence-electron chi connectivity index (χ0n) is 15.8. The maximum atomic E-state index is 5.68. The summed E-state index contributed by atoms with van der Waals surface area (Å²) in [6.07, 6.45) is 3.55. The normalized spacial score (nSPS) is 21.5. The maximum absolute atomic E-state index is 5.68. The van der Waals surface area contributed by atoms with E-state index < -0.39 is 0 Å². The highest BCUT2D eigenvalue weighted by molar-refractivity contribution is 7.80. The van der Waals surface area contributed by atoms with Gasteiger partial charge in [-0.2, -0.15) is 0 Å². The SMILES string of the molecule is S=C(NCCC[NH+]1CCOCC1)N1CCC[C@@H](c2nc3ccccc3s2)C1. The largest absolute Gasteiger partial charge is 0.370 e. The number of morpholine rings is 1. The minimum absolute atomic E-state index is 0.494. The van der Waals surface area contributed by atoms with Gasteiger partial charge in [-0.05, 0) is 37.2 Å². The van der Waals surface area contributed by atoms with Crippen LogP contribution in [0.1, 0.15) is 30.2 Å². The number of rotatable bonds is 5. The number of hydrogen-bond acceptors (Lipinski definition) is 4. The van der Waals surface area contributed by atoms with E-state index in [9.17, 15) is 0 Å². The van der Waals surface area contributed by atoms with Gasteiger partial charge in [0, 0.05) is 32.0 Å². The average molecular weight is 406 g/mol. The number of nitrogens with one attached hydrogen (secondary N) is 2. The number of piperidine rings is 1. The molecule has 0 aliphatic carbocycles.